The molecule has 0 saturated carbocycles. The van der Waals surface area contributed by atoms with Crippen molar-refractivity contribution < 1.29 is 28.0 Å². The van der Waals surface area contributed by atoms with E-state index in [2.05, 4.69) is 5.32 Å². The molecule has 0 aliphatic heterocycles. The van der Waals surface area contributed by atoms with Gasteiger partial charge >= 0.3 is 14.8 Å². The van der Waals surface area contributed by atoms with Crippen LogP contribution in [0.5, 0.6) is 0 Å². The minimum absolute atomic E-state index is 0.396. The van der Waals surface area contributed by atoms with Gasteiger partial charge in [0.05, 0.1) is 0 Å². The number of carbonyl (C=O) groups excluding carboxylic acids is 1. The Hall–Kier alpha value is -1.22. The summed E-state index contributed by atoms with van der Waals surface area (Å²) >= 11 is 0. The predicted octanol–water partition coefficient (Wildman–Crippen LogP) is 0.0116. The van der Waals surface area contributed by atoms with Gasteiger partial charge in [0.15, 0.2) is 0 Å². The van der Waals surface area contributed by atoms with E-state index in [4.69, 9.17) is 18.4 Å². The van der Waals surface area contributed by atoms with Crippen LogP contribution >= 0.6 is 0 Å². The molecule has 0 aliphatic rings. The molecule has 0 rings (SSSR count). The van der Waals surface area contributed by atoms with Gasteiger partial charge in [-0.05, 0) is 6.42 Å². The van der Waals surface area contributed by atoms with Gasteiger partial charge in [0.25, 0.3) is 0 Å². The van der Waals surface area contributed by atoms with E-state index < -0.39 is 20.7 Å². The quantitative estimate of drug-likeness (QED) is 0.350. The van der Waals surface area contributed by atoms with Crippen LogP contribution in [0.1, 0.15) is 6.42 Å². The lowest BCUT2D eigenvalue weighted by Gasteiger charge is -2.24. The molecule has 2 N–H and O–H groups in total. The molecular weight excluding hydrogens is 258 g/mol. The highest BCUT2D eigenvalue weighted by Gasteiger charge is 2.36. The fraction of sp³-hybridized carbons (Fsp3) is 0.600. The van der Waals surface area contributed by atoms with Gasteiger partial charge in [-0.25, -0.2) is 4.79 Å². The lowest BCUT2D eigenvalue weighted by molar-refractivity contribution is -0.131. The van der Waals surface area contributed by atoms with Crippen molar-refractivity contribution in [3.63, 3.8) is 0 Å². The summed E-state index contributed by atoms with van der Waals surface area (Å²) in [6.07, 6.45) is 2.37. The van der Waals surface area contributed by atoms with Gasteiger partial charge in [0.2, 0.25) is 5.91 Å². The molecule has 0 fully saturated rings. The first-order valence-corrected chi connectivity index (χ1v) is 7.27. The number of carbonyl (C=O) groups is 2. The molecule has 0 spiro atoms. The molecule has 0 radical (unpaired) electrons. The smallest absolute Gasteiger partial charge is 0.478 e. The Balaban J connectivity index is 3.92. The zero-order valence-electron chi connectivity index (χ0n) is 10.8. The Morgan fingerprint density at radius 2 is 1.72 bits per heavy atom. The fourth-order valence-corrected chi connectivity index (χ4v) is 3.00. The largest absolute Gasteiger partial charge is 0.500 e. The van der Waals surface area contributed by atoms with E-state index in [1.165, 1.54) is 21.3 Å². The molecule has 0 heterocycles. The van der Waals surface area contributed by atoms with Crippen molar-refractivity contribution in [3.05, 3.63) is 12.2 Å². The van der Waals surface area contributed by atoms with E-state index in [1.54, 1.807) is 0 Å². The summed E-state index contributed by atoms with van der Waals surface area (Å²) in [5.74, 6) is -1.60. The minimum Gasteiger partial charge on any atom is -0.478 e. The molecule has 0 aliphatic carbocycles. The van der Waals surface area contributed by atoms with Crippen LogP contribution in [0.2, 0.25) is 6.04 Å². The zero-order chi connectivity index (χ0) is 14.0. The number of carboxylic acids is 1. The lowest BCUT2D eigenvalue weighted by Crippen LogP contribution is -2.43. The number of aliphatic carboxylic acids is 1. The van der Waals surface area contributed by atoms with Crippen LogP contribution in [-0.2, 0) is 22.9 Å². The van der Waals surface area contributed by atoms with Crippen molar-refractivity contribution in [2.45, 2.75) is 12.5 Å². The van der Waals surface area contributed by atoms with Crippen LogP contribution in [0.25, 0.3) is 0 Å². The maximum Gasteiger partial charge on any atom is 0.500 e. The summed E-state index contributed by atoms with van der Waals surface area (Å²) in [6, 6.07) is 0.569. The van der Waals surface area contributed by atoms with Crippen LogP contribution in [0.3, 0.4) is 0 Å². The fourth-order valence-electron chi connectivity index (χ4n) is 1.28. The van der Waals surface area contributed by atoms with E-state index in [-0.39, 0.29) is 0 Å². The SMILES string of the molecule is CO[Si](CCCNC(=O)/C=C/C(=O)O)(OC)OC. The van der Waals surface area contributed by atoms with Gasteiger partial charge in [-0.15, -0.1) is 0 Å². The third kappa shape index (κ3) is 6.50. The standard InChI is InChI=1S/C10H19NO6Si/c1-15-18(16-2,17-3)8-4-7-11-9(12)5-6-10(13)14/h5-6H,4,7-8H2,1-3H3,(H,11,12)(H,13,14)/b6-5+. The van der Waals surface area contributed by atoms with E-state index in [0.29, 0.717) is 19.0 Å². The number of amides is 1. The summed E-state index contributed by atoms with van der Waals surface area (Å²) in [5.41, 5.74) is 0. The zero-order valence-corrected chi connectivity index (χ0v) is 11.8. The van der Waals surface area contributed by atoms with Crippen LogP contribution < -0.4 is 5.32 Å². The van der Waals surface area contributed by atoms with Crippen molar-refractivity contribution in [1.29, 1.82) is 0 Å². The highest BCUT2D eigenvalue weighted by Crippen LogP contribution is 2.14. The summed E-state index contributed by atoms with van der Waals surface area (Å²) in [5, 5.41) is 10.9. The minimum atomic E-state index is -2.59. The molecule has 0 unspecified atom stereocenters. The second kappa shape index (κ2) is 8.81. The van der Waals surface area contributed by atoms with Crippen molar-refractivity contribution >= 4 is 20.7 Å². The summed E-state index contributed by atoms with van der Waals surface area (Å²) < 4.78 is 15.6. The maximum absolute atomic E-state index is 11.1. The third-order valence-electron chi connectivity index (χ3n) is 2.27. The monoisotopic (exact) mass is 277 g/mol. The average Bonchev–Trinajstić information content (AvgIpc) is 2.37. The Morgan fingerprint density at radius 1 is 1.17 bits per heavy atom. The first-order chi connectivity index (χ1) is 8.49. The van der Waals surface area contributed by atoms with Gasteiger partial charge in [-0.1, -0.05) is 0 Å². The van der Waals surface area contributed by atoms with Crippen LogP contribution in [0, 0.1) is 0 Å². The second-order valence-electron chi connectivity index (χ2n) is 3.36. The van der Waals surface area contributed by atoms with Crippen molar-refractivity contribution in [2.24, 2.45) is 0 Å². The van der Waals surface area contributed by atoms with Gasteiger partial charge in [0.1, 0.15) is 0 Å². The maximum atomic E-state index is 11.1. The first-order valence-electron chi connectivity index (χ1n) is 5.34. The third-order valence-corrected chi connectivity index (χ3v) is 5.10. The number of nitrogens with one attached hydrogen (secondary N) is 1. The molecule has 0 aromatic carbocycles. The van der Waals surface area contributed by atoms with E-state index in [9.17, 15) is 9.59 Å². The van der Waals surface area contributed by atoms with Gasteiger partial charge < -0.3 is 23.7 Å². The van der Waals surface area contributed by atoms with Crippen molar-refractivity contribution in [3.8, 4) is 0 Å². The predicted molar refractivity (Wildman–Crippen MR) is 66.0 cm³/mol. The van der Waals surface area contributed by atoms with Gasteiger partial charge in [-0.3, -0.25) is 4.79 Å². The Labute approximate surface area is 107 Å². The van der Waals surface area contributed by atoms with Crippen LogP contribution in [-0.4, -0.2) is 53.7 Å². The van der Waals surface area contributed by atoms with E-state index >= 15 is 0 Å². The highest BCUT2D eigenvalue weighted by atomic mass is 28.4. The summed E-state index contributed by atoms with van der Waals surface area (Å²) in [4.78, 5) is 21.3. The van der Waals surface area contributed by atoms with Crippen molar-refractivity contribution in [2.75, 3.05) is 27.9 Å². The van der Waals surface area contributed by atoms with Crippen LogP contribution in [0.4, 0.5) is 0 Å². The Kier molecular flexibility index (Phi) is 8.21. The lowest BCUT2D eigenvalue weighted by atomic mass is 10.4. The molecule has 18 heavy (non-hydrogen) atoms. The molecule has 8 heteroatoms. The number of rotatable bonds is 9. The molecule has 0 saturated heterocycles. The molecule has 0 bridgehead atoms. The first kappa shape index (κ1) is 16.8. The molecule has 104 valence electrons. The molecule has 0 aromatic heterocycles. The van der Waals surface area contributed by atoms with E-state index in [0.717, 1.165) is 12.2 Å². The Bertz CT molecular complexity index is 294. The number of hydrogen-bond acceptors (Lipinski definition) is 5. The summed E-state index contributed by atoms with van der Waals surface area (Å²) in [7, 11) is 1.97. The second-order valence-corrected chi connectivity index (χ2v) is 6.45. The molecule has 1 amide bonds. The van der Waals surface area contributed by atoms with Crippen LogP contribution in [0.15, 0.2) is 12.2 Å². The normalized spacial score (nSPS) is 11.7. The summed E-state index contributed by atoms with van der Waals surface area (Å²) in [6.45, 7) is 0.396. The highest BCUT2D eigenvalue weighted by molar-refractivity contribution is 6.60. The Morgan fingerprint density at radius 3 is 2.17 bits per heavy atom. The molecule has 7 nitrogen and oxygen atoms in total. The molecular formula is C10H19NO6Si. The van der Waals surface area contributed by atoms with E-state index in [1.807, 2.05) is 0 Å². The van der Waals surface area contributed by atoms with Crippen molar-refractivity contribution in [1.82, 2.24) is 5.32 Å². The molecule has 0 aromatic rings. The average molecular weight is 277 g/mol. The number of carboxylic acid groups (broad SMARTS) is 1. The molecule has 0 atom stereocenters. The number of hydrogen-bond donors (Lipinski definition) is 2. The van der Waals surface area contributed by atoms with Gasteiger partial charge in [-0.2, -0.15) is 0 Å². The van der Waals surface area contributed by atoms with Gasteiger partial charge in [0, 0.05) is 46.1 Å². The topological polar surface area (TPSA) is 94.1 Å².